The van der Waals surface area contributed by atoms with Gasteiger partial charge in [-0.25, -0.2) is 14.3 Å². The van der Waals surface area contributed by atoms with Crippen molar-refractivity contribution in [2.24, 2.45) is 0 Å². The van der Waals surface area contributed by atoms with Crippen molar-refractivity contribution in [3.63, 3.8) is 0 Å². The van der Waals surface area contributed by atoms with E-state index in [0.717, 1.165) is 5.56 Å². The first-order valence-corrected chi connectivity index (χ1v) is 9.48. The van der Waals surface area contributed by atoms with E-state index in [4.69, 9.17) is 0 Å². The molecule has 1 aromatic carbocycles. The highest BCUT2D eigenvalue weighted by Crippen LogP contribution is 2.16. The van der Waals surface area contributed by atoms with Crippen molar-refractivity contribution < 1.29 is 4.55 Å². The van der Waals surface area contributed by atoms with Crippen LogP contribution in [0.2, 0.25) is 0 Å². The second-order valence-electron chi connectivity index (χ2n) is 5.69. The van der Waals surface area contributed by atoms with Gasteiger partial charge in [0.15, 0.2) is 11.5 Å². The summed E-state index contributed by atoms with van der Waals surface area (Å²) in [5, 5.41) is 0.542. The summed E-state index contributed by atoms with van der Waals surface area (Å²) in [6.45, 7) is 0.358. The van der Waals surface area contributed by atoms with Crippen LogP contribution in [0.3, 0.4) is 0 Å². The third-order valence-corrected chi connectivity index (χ3v) is 4.66. The molecule has 0 fully saturated rings. The van der Waals surface area contributed by atoms with Crippen molar-refractivity contribution >= 4 is 22.2 Å². The molecule has 130 valence electrons. The zero-order valence-electron chi connectivity index (χ0n) is 13.9. The number of rotatable bonds is 4. The fraction of sp³-hybridized carbons (Fsp3) is 0.111. The van der Waals surface area contributed by atoms with Gasteiger partial charge in [0, 0.05) is 17.4 Å². The van der Waals surface area contributed by atoms with Crippen LogP contribution in [0.25, 0.3) is 16.9 Å². The van der Waals surface area contributed by atoms with Crippen LogP contribution in [0, 0.1) is 0 Å². The van der Waals surface area contributed by atoms with Crippen LogP contribution in [-0.4, -0.2) is 35.1 Å². The number of hydrogen-bond donors (Lipinski definition) is 0. The summed E-state index contributed by atoms with van der Waals surface area (Å²) in [5.41, 5.74) is 1.15. The molecule has 3 heterocycles. The fourth-order valence-corrected chi connectivity index (χ4v) is 3.18. The largest absolute Gasteiger partial charge is 0.609 e. The van der Waals surface area contributed by atoms with E-state index >= 15 is 0 Å². The number of aromatic nitrogens is 5. The first-order chi connectivity index (χ1) is 12.6. The summed E-state index contributed by atoms with van der Waals surface area (Å²) in [6, 6.07) is 15.1. The Kier molecular flexibility index (Phi) is 4.27. The minimum absolute atomic E-state index is 0.180. The molecule has 0 bridgehead atoms. The number of fused-ring (bicyclic) bond motifs is 1. The molecule has 26 heavy (non-hydrogen) atoms. The molecule has 0 N–H and O–H groups in total. The lowest BCUT2D eigenvalue weighted by Crippen LogP contribution is -2.23. The van der Waals surface area contributed by atoms with Gasteiger partial charge in [-0.1, -0.05) is 36.4 Å². The van der Waals surface area contributed by atoms with Gasteiger partial charge in [-0.2, -0.15) is 9.97 Å². The maximum Gasteiger partial charge on any atom is 0.344 e. The summed E-state index contributed by atoms with van der Waals surface area (Å²) in [4.78, 5) is 25.8. The Labute approximate surface area is 152 Å². The van der Waals surface area contributed by atoms with Crippen LogP contribution in [0.15, 0.2) is 70.9 Å². The predicted molar refractivity (Wildman–Crippen MR) is 98.8 cm³/mol. The molecule has 0 amide bonds. The average Bonchev–Trinajstić information content (AvgIpc) is 2.95. The molecule has 0 aliphatic carbocycles. The van der Waals surface area contributed by atoms with Crippen LogP contribution >= 0.6 is 0 Å². The molecular weight excluding hydrogens is 350 g/mol. The lowest BCUT2D eigenvalue weighted by atomic mass is 10.2. The zero-order valence-corrected chi connectivity index (χ0v) is 14.8. The average molecular weight is 365 g/mol. The molecule has 4 aromatic rings. The topological polar surface area (TPSA) is 88.7 Å². The Balaban J connectivity index is 2.00. The SMILES string of the molecule is C[S+]([O-])c1ncc2c(=O)n(Cc3ccccc3)n(-c3ccccn3)c2n1. The van der Waals surface area contributed by atoms with Gasteiger partial charge < -0.3 is 4.55 Å². The highest BCUT2D eigenvalue weighted by atomic mass is 32.2. The van der Waals surface area contributed by atoms with Crippen LogP contribution in [0.5, 0.6) is 0 Å². The van der Waals surface area contributed by atoms with Crippen LogP contribution in [0.1, 0.15) is 5.56 Å². The van der Waals surface area contributed by atoms with Crippen LogP contribution < -0.4 is 5.56 Å². The van der Waals surface area contributed by atoms with E-state index in [9.17, 15) is 9.35 Å². The van der Waals surface area contributed by atoms with E-state index in [1.807, 2.05) is 36.4 Å². The smallest absolute Gasteiger partial charge is 0.344 e. The van der Waals surface area contributed by atoms with Gasteiger partial charge >= 0.3 is 5.16 Å². The minimum atomic E-state index is -1.35. The molecule has 1 unspecified atom stereocenters. The van der Waals surface area contributed by atoms with E-state index in [2.05, 4.69) is 15.0 Å². The van der Waals surface area contributed by atoms with Crippen LogP contribution in [-0.2, 0) is 17.7 Å². The molecule has 0 saturated heterocycles. The second kappa shape index (κ2) is 6.74. The summed E-state index contributed by atoms with van der Waals surface area (Å²) < 4.78 is 15.0. The van der Waals surface area contributed by atoms with E-state index in [-0.39, 0.29) is 10.7 Å². The Morgan fingerprint density at radius 1 is 1.08 bits per heavy atom. The first-order valence-electron chi connectivity index (χ1n) is 7.92. The number of benzene rings is 1. The van der Waals surface area contributed by atoms with Crippen molar-refractivity contribution in [1.29, 1.82) is 0 Å². The first kappa shape index (κ1) is 16.5. The van der Waals surface area contributed by atoms with E-state index < -0.39 is 11.2 Å². The fourth-order valence-electron chi connectivity index (χ4n) is 2.76. The van der Waals surface area contributed by atoms with E-state index in [1.54, 1.807) is 27.7 Å². The van der Waals surface area contributed by atoms with Crippen LogP contribution in [0.4, 0.5) is 0 Å². The molecule has 0 radical (unpaired) electrons. The molecule has 7 nitrogen and oxygen atoms in total. The molecule has 3 aromatic heterocycles. The molecule has 0 aliphatic heterocycles. The molecule has 0 saturated carbocycles. The summed E-state index contributed by atoms with van der Waals surface area (Å²) in [7, 11) is 0. The Morgan fingerprint density at radius 2 is 1.85 bits per heavy atom. The maximum atomic E-state index is 13.0. The van der Waals surface area contributed by atoms with Gasteiger partial charge in [0.05, 0.1) is 12.7 Å². The lowest BCUT2D eigenvalue weighted by Gasteiger charge is -2.11. The molecule has 0 spiro atoms. The van der Waals surface area contributed by atoms with E-state index in [1.165, 1.54) is 12.5 Å². The van der Waals surface area contributed by atoms with Crippen molar-refractivity contribution in [3.05, 3.63) is 76.8 Å². The van der Waals surface area contributed by atoms with Gasteiger partial charge in [0.1, 0.15) is 11.6 Å². The maximum absolute atomic E-state index is 13.0. The summed E-state index contributed by atoms with van der Waals surface area (Å²) >= 11 is -1.35. The predicted octanol–water partition coefficient (Wildman–Crippen LogP) is 1.76. The van der Waals surface area contributed by atoms with Crippen molar-refractivity contribution in [3.8, 4) is 5.82 Å². The van der Waals surface area contributed by atoms with Gasteiger partial charge in [0.2, 0.25) is 0 Å². The monoisotopic (exact) mass is 365 g/mol. The quantitative estimate of drug-likeness (QED) is 0.406. The Hall–Kier alpha value is -2.97. The van der Waals surface area contributed by atoms with Crippen molar-refractivity contribution in [2.45, 2.75) is 11.7 Å². The van der Waals surface area contributed by atoms with Gasteiger partial charge in [-0.15, -0.1) is 0 Å². The number of nitrogens with zero attached hydrogens (tertiary/aromatic N) is 5. The normalized spacial score (nSPS) is 12.4. The Morgan fingerprint density at radius 3 is 2.54 bits per heavy atom. The van der Waals surface area contributed by atoms with E-state index in [0.29, 0.717) is 23.4 Å². The highest BCUT2D eigenvalue weighted by molar-refractivity contribution is 7.90. The third-order valence-electron chi connectivity index (χ3n) is 3.95. The molecule has 1 atom stereocenters. The van der Waals surface area contributed by atoms with Crippen molar-refractivity contribution in [2.75, 3.05) is 6.26 Å². The zero-order chi connectivity index (χ0) is 18.1. The third kappa shape index (κ3) is 2.89. The van der Waals surface area contributed by atoms with Gasteiger partial charge in [-0.3, -0.25) is 4.79 Å². The molecular formula is C18H15N5O2S. The lowest BCUT2D eigenvalue weighted by molar-refractivity contribution is 0.581. The highest BCUT2D eigenvalue weighted by Gasteiger charge is 2.20. The minimum Gasteiger partial charge on any atom is -0.609 e. The summed E-state index contributed by atoms with van der Waals surface area (Å²) in [5.74, 6) is 0.557. The van der Waals surface area contributed by atoms with Crippen molar-refractivity contribution in [1.82, 2.24) is 24.3 Å². The van der Waals surface area contributed by atoms with Gasteiger partial charge in [0.25, 0.3) is 5.56 Å². The standard InChI is InChI=1S/C18H15N5O2S/c1-26(25)18-20-11-14-16(21-18)23(15-9-5-6-10-19-15)22(17(14)24)12-13-7-3-2-4-8-13/h2-11H,12H2,1H3. The Bertz CT molecular complexity index is 1110. The molecule has 0 aliphatic rings. The molecule has 8 heteroatoms. The second-order valence-corrected chi connectivity index (χ2v) is 6.97. The number of hydrogen-bond acceptors (Lipinski definition) is 5. The van der Waals surface area contributed by atoms with Gasteiger partial charge in [-0.05, 0) is 17.7 Å². The molecule has 4 rings (SSSR count). The summed E-state index contributed by atoms with van der Waals surface area (Å²) in [6.07, 6.45) is 4.59. The number of pyridine rings is 1.